The highest BCUT2D eigenvalue weighted by molar-refractivity contribution is 8.15. The number of imide groups is 1. The van der Waals surface area contributed by atoms with E-state index in [1.54, 1.807) is 6.20 Å². The first kappa shape index (κ1) is 23.7. The van der Waals surface area contributed by atoms with Gasteiger partial charge in [-0.3, -0.25) is 14.9 Å². The van der Waals surface area contributed by atoms with Crippen LogP contribution in [0.1, 0.15) is 5.56 Å². The second-order valence-corrected chi connectivity index (χ2v) is 7.44. The minimum absolute atomic E-state index is 0.215. The number of aliphatic carboxylic acids is 2. The number of benzene rings is 1. The second-order valence-electron chi connectivity index (χ2n) is 6.26. The van der Waals surface area contributed by atoms with Crippen LogP contribution >= 0.6 is 11.8 Å². The number of carbonyl (C=O) groups excluding carboxylic acids is 4. The van der Waals surface area contributed by atoms with Gasteiger partial charge in [0.15, 0.2) is 0 Å². The van der Waals surface area contributed by atoms with Crippen LogP contribution in [0.25, 0.3) is 0 Å². The van der Waals surface area contributed by atoms with E-state index in [-0.39, 0.29) is 16.4 Å². The molecular weight excluding hydrogens is 426 g/mol. The third-order valence-electron chi connectivity index (χ3n) is 4.01. The number of hydrogen-bond acceptors (Lipinski definition) is 10. The van der Waals surface area contributed by atoms with Crippen molar-refractivity contribution in [2.75, 3.05) is 25.1 Å². The number of rotatable bonds is 7. The molecular formula is C20H19N3O7S-2. The molecule has 1 atom stereocenters. The van der Waals surface area contributed by atoms with Gasteiger partial charge in [-0.25, -0.2) is 4.98 Å². The lowest BCUT2D eigenvalue weighted by atomic mass is 10.1. The molecule has 1 fully saturated rings. The highest BCUT2D eigenvalue weighted by Gasteiger charge is 2.31. The molecule has 0 bridgehead atoms. The van der Waals surface area contributed by atoms with Crippen molar-refractivity contribution in [2.45, 2.75) is 11.7 Å². The predicted octanol–water partition coefficient (Wildman–Crippen LogP) is -1.02. The molecule has 0 radical (unpaired) electrons. The van der Waals surface area contributed by atoms with E-state index < -0.39 is 11.9 Å². The molecule has 1 aromatic carbocycles. The highest BCUT2D eigenvalue weighted by Crippen LogP contribution is 2.23. The molecule has 11 heteroatoms. The van der Waals surface area contributed by atoms with E-state index in [1.807, 2.05) is 54.4 Å². The van der Waals surface area contributed by atoms with Gasteiger partial charge in [-0.15, -0.1) is 0 Å². The summed E-state index contributed by atoms with van der Waals surface area (Å²) in [5.74, 6) is -2.90. The third kappa shape index (κ3) is 7.97. The molecule has 0 saturated carbocycles. The number of carboxylic acids is 2. The summed E-state index contributed by atoms with van der Waals surface area (Å²) in [6.07, 6.45) is 2.30. The summed E-state index contributed by atoms with van der Waals surface area (Å²) >= 11 is 1.05. The summed E-state index contributed by atoms with van der Waals surface area (Å²) in [7, 11) is 1.97. The zero-order valence-corrected chi connectivity index (χ0v) is 17.3. The smallest absolute Gasteiger partial charge is 0.286 e. The number of likely N-dealkylation sites (N-methyl/N-ethyl adjacent to an activating group) is 1. The Hall–Kier alpha value is -3.60. The lowest BCUT2D eigenvalue weighted by Crippen LogP contribution is -2.42. The van der Waals surface area contributed by atoms with Gasteiger partial charge >= 0.3 is 0 Å². The molecule has 2 amide bonds. The quantitative estimate of drug-likeness (QED) is 0.524. The average Bonchev–Trinajstić information content (AvgIpc) is 3.06. The fraction of sp³-hybridized carbons (Fsp3) is 0.250. The van der Waals surface area contributed by atoms with Crippen molar-refractivity contribution in [3.8, 4) is 5.75 Å². The Morgan fingerprint density at radius 2 is 1.81 bits per heavy atom. The summed E-state index contributed by atoms with van der Waals surface area (Å²) in [4.78, 5) is 46.9. The van der Waals surface area contributed by atoms with E-state index in [0.29, 0.717) is 13.0 Å². The summed E-state index contributed by atoms with van der Waals surface area (Å²) in [5.41, 5.74) is 1.00. The van der Waals surface area contributed by atoms with Crippen molar-refractivity contribution in [1.29, 1.82) is 0 Å². The van der Waals surface area contributed by atoms with Gasteiger partial charge in [0, 0.05) is 13.2 Å². The SMILES string of the molecule is CN(CCOc1ccc(CC2SC(=O)NC2=O)cc1)c1ccccn1.O=C([O-])C(=O)[O-]. The Labute approximate surface area is 182 Å². The molecule has 0 aliphatic carbocycles. The number of thioether (sulfide) groups is 1. The van der Waals surface area contributed by atoms with Crippen molar-refractivity contribution >= 4 is 40.7 Å². The molecule has 3 rings (SSSR count). The number of hydrogen-bond donors (Lipinski definition) is 1. The molecule has 1 unspecified atom stereocenters. The van der Waals surface area contributed by atoms with E-state index in [4.69, 9.17) is 24.5 Å². The zero-order chi connectivity index (χ0) is 22.8. The summed E-state index contributed by atoms with van der Waals surface area (Å²) in [5, 5.41) is 19.5. The van der Waals surface area contributed by atoms with Gasteiger partial charge in [-0.2, -0.15) is 0 Å². The van der Waals surface area contributed by atoms with Gasteiger partial charge in [0.25, 0.3) is 5.24 Å². The maximum Gasteiger partial charge on any atom is 0.286 e. The Bertz CT molecular complexity index is 910. The van der Waals surface area contributed by atoms with E-state index in [2.05, 4.69) is 10.3 Å². The lowest BCUT2D eigenvalue weighted by molar-refractivity contribution is -0.345. The van der Waals surface area contributed by atoms with Crippen molar-refractivity contribution in [3.63, 3.8) is 0 Å². The van der Waals surface area contributed by atoms with Crippen LogP contribution in [0, 0.1) is 0 Å². The number of anilines is 1. The van der Waals surface area contributed by atoms with Gasteiger partial charge in [0.1, 0.15) is 18.2 Å². The number of carbonyl (C=O) groups is 4. The molecule has 10 nitrogen and oxygen atoms in total. The van der Waals surface area contributed by atoms with E-state index >= 15 is 0 Å². The Balaban J connectivity index is 0.000000501. The maximum atomic E-state index is 11.6. The molecule has 1 aliphatic rings. The highest BCUT2D eigenvalue weighted by atomic mass is 32.2. The number of carboxylic acid groups (broad SMARTS) is 2. The molecule has 0 spiro atoms. The fourth-order valence-electron chi connectivity index (χ4n) is 2.46. The summed E-state index contributed by atoms with van der Waals surface area (Å²) < 4.78 is 5.75. The lowest BCUT2D eigenvalue weighted by Gasteiger charge is -2.18. The maximum absolute atomic E-state index is 11.6. The van der Waals surface area contributed by atoms with Crippen LogP contribution in [0.3, 0.4) is 0 Å². The summed E-state index contributed by atoms with van der Waals surface area (Å²) in [6.45, 7) is 1.27. The number of ether oxygens (including phenoxy) is 1. The van der Waals surface area contributed by atoms with Gasteiger partial charge in [0.05, 0.1) is 23.7 Å². The predicted molar refractivity (Wildman–Crippen MR) is 108 cm³/mol. The fourth-order valence-corrected chi connectivity index (χ4v) is 3.32. The molecule has 2 aromatic rings. The van der Waals surface area contributed by atoms with Crippen LogP contribution in [0.15, 0.2) is 48.7 Å². The Kier molecular flexibility index (Phi) is 8.82. The zero-order valence-electron chi connectivity index (χ0n) is 16.5. The number of nitrogens with zero attached hydrogens (tertiary/aromatic N) is 2. The van der Waals surface area contributed by atoms with Gasteiger partial charge < -0.3 is 29.4 Å². The average molecular weight is 445 g/mol. The molecule has 2 heterocycles. The molecule has 1 N–H and O–H groups in total. The molecule has 1 aromatic heterocycles. The normalized spacial score (nSPS) is 14.8. The molecule has 164 valence electrons. The molecule has 1 aliphatic heterocycles. The first-order valence-electron chi connectivity index (χ1n) is 9.04. The number of pyridine rings is 1. The van der Waals surface area contributed by atoms with E-state index in [0.717, 1.165) is 35.4 Å². The number of amides is 2. The van der Waals surface area contributed by atoms with Gasteiger partial charge in [-0.1, -0.05) is 30.0 Å². The Morgan fingerprint density at radius 3 is 2.32 bits per heavy atom. The number of nitrogens with one attached hydrogen (secondary N) is 1. The molecule has 1 saturated heterocycles. The van der Waals surface area contributed by atoms with Crippen LogP contribution in [0.5, 0.6) is 5.75 Å². The third-order valence-corrected chi connectivity index (χ3v) is 5.00. The monoisotopic (exact) mass is 445 g/mol. The standard InChI is InChI=1S/C18H19N3O3S.C2H2O4/c1-21(16-4-2-3-9-19-16)10-11-24-14-7-5-13(6-8-14)12-15-17(22)20-18(23)25-15;3-1(4)2(5)6/h2-9,15H,10-12H2,1H3,(H,20,22,23);(H,3,4)(H,5,6)/p-2. The summed E-state index contributed by atoms with van der Waals surface area (Å²) in [6, 6.07) is 13.4. The van der Waals surface area contributed by atoms with Gasteiger partial charge in [-0.05, 0) is 36.2 Å². The first-order valence-corrected chi connectivity index (χ1v) is 9.92. The minimum atomic E-state index is -2.19. The van der Waals surface area contributed by atoms with Crippen LogP contribution in [0.2, 0.25) is 0 Å². The van der Waals surface area contributed by atoms with Crippen molar-refractivity contribution in [1.82, 2.24) is 10.3 Å². The number of aromatic nitrogens is 1. The van der Waals surface area contributed by atoms with E-state index in [9.17, 15) is 9.59 Å². The minimum Gasteiger partial charge on any atom is -0.543 e. The van der Waals surface area contributed by atoms with Crippen LogP contribution in [-0.4, -0.2) is 53.5 Å². The van der Waals surface area contributed by atoms with Crippen LogP contribution in [-0.2, 0) is 20.8 Å². The topological polar surface area (TPSA) is 152 Å². The largest absolute Gasteiger partial charge is 0.543 e. The Morgan fingerprint density at radius 1 is 1.13 bits per heavy atom. The van der Waals surface area contributed by atoms with E-state index in [1.165, 1.54) is 0 Å². The molecule has 31 heavy (non-hydrogen) atoms. The van der Waals surface area contributed by atoms with Crippen LogP contribution in [0.4, 0.5) is 10.6 Å². The van der Waals surface area contributed by atoms with Crippen molar-refractivity contribution in [3.05, 3.63) is 54.2 Å². The first-order chi connectivity index (χ1) is 14.8. The van der Waals surface area contributed by atoms with Crippen molar-refractivity contribution < 1.29 is 34.1 Å². The van der Waals surface area contributed by atoms with Crippen molar-refractivity contribution in [2.24, 2.45) is 0 Å². The van der Waals surface area contributed by atoms with Crippen LogP contribution < -0.4 is 25.2 Å². The van der Waals surface area contributed by atoms with Gasteiger partial charge in [0.2, 0.25) is 5.91 Å². The second kappa shape index (κ2) is 11.6.